The summed E-state index contributed by atoms with van der Waals surface area (Å²) < 4.78 is 10.2. The lowest BCUT2D eigenvalue weighted by Gasteiger charge is -2.24. The number of esters is 1. The third-order valence-electron chi connectivity index (χ3n) is 3.35. The van der Waals surface area contributed by atoms with E-state index in [1.165, 1.54) is 12.0 Å². The van der Waals surface area contributed by atoms with E-state index in [9.17, 15) is 14.7 Å². The number of hydrogen-bond acceptors (Lipinski definition) is 5. The molecule has 0 spiro atoms. The Kier molecular flexibility index (Phi) is 7.54. The van der Waals surface area contributed by atoms with Gasteiger partial charge in [-0.15, -0.1) is 0 Å². The van der Waals surface area contributed by atoms with Gasteiger partial charge in [0.25, 0.3) is 5.91 Å². The van der Waals surface area contributed by atoms with E-state index in [1.807, 2.05) is 32.0 Å². The molecule has 1 atom stereocenters. The van der Waals surface area contributed by atoms with Gasteiger partial charge in [0.2, 0.25) is 0 Å². The Labute approximate surface area is 137 Å². The summed E-state index contributed by atoms with van der Waals surface area (Å²) in [5, 5.41) is 9.51. The molecule has 1 aromatic rings. The molecule has 1 unspecified atom stereocenters. The summed E-state index contributed by atoms with van der Waals surface area (Å²) in [6.45, 7) is 5.63. The van der Waals surface area contributed by atoms with E-state index in [2.05, 4.69) is 4.74 Å². The third kappa shape index (κ3) is 6.69. The summed E-state index contributed by atoms with van der Waals surface area (Å²) >= 11 is 0. The van der Waals surface area contributed by atoms with Crippen LogP contribution in [0, 0.1) is 13.8 Å². The summed E-state index contributed by atoms with van der Waals surface area (Å²) in [6.07, 6.45) is -0.601. The Hall–Kier alpha value is -2.08. The molecule has 0 bridgehead atoms. The van der Waals surface area contributed by atoms with Crippen LogP contribution in [0.3, 0.4) is 0 Å². The number of carbonyl (C=O) groups excluding carboxylic acids is 2. The maximum absolute atomic E-state index is 12.3. The average Bonchev–Trinajstić information content (AvgIpc) is 2.51. The van der Waals surface area contributed by atoms with Crippen molar-refractivity contribution in [2.75, 3.05) is 26.8 Å². The zero-order chi connectivity index (χ0) is 17.4. The third-order valence-corrected chi connectivity index (χ3v) is 3.35. The van der Waals surface area contributed by atoms with Crippen LogP contribution in [-0.2, 0) is 14.3 Å². The van der Waals surface area contributed by atoms with Gasteiger partial charge < -0.3 is 19.5 Å². The lowest BCUT2D eigenvalue weighted by atomic mass is 10.1. The molecule has 1 amide bonds. The molecule has 1 N–H and O–H groups in total. The van der Waals surface area contributed by atoms with Crippen molar-refractivity contribution in [2.24, 2.45) is 0 Å². The topological polar surface area (TPSA) is 76.1 Å². The predicted octanol–water partition coefficient (Wildman–Crippen LogP) is 1.45. The van der Waals surface area contributed by atoms with Crippen LogP contribution in [0.5, 0.6) is 5.75 Å². The van der Waals surface area contributed by atoms with Crippen molar-refractivity contribution in [3.63, 3.8) is 0 Å². The van der Waals surface area contributed by atoms with Crippen LogP contribution in [0.25, 0.3) is 0 Å². The quantitative estimate of drug-likeness (QED) is 0.733. The molecule has 0 heterocycles. The highest BCUT2D eigenvalue weighted by atomic mass is 16.5. The highest BCUT2D eigenvalue weighted by Crippen LogP contribution is 2.19. The molecule has 0 aliphatic heterocycles. The first-order valence-corrected chi connectivity index (χ1v) is 7.56. The van der Waals surface area contributed by atoms with Gasteiger partial charge in [-0.1, -0.05) is 12.1 Å². The van der Waals surface area contributed by atoms with Crippen LogP contribution in [0.2, 0.25) is 0 Å². The molecular formula is C17H25NO5. The van der Waals surface area contributed by atoms with Crippen molar-refractivity contribution in [1.82, 2.24) is 4.90 Å². The molecule has 0 saturated carbocycles. The standard InChI is InChI=1S/C17H25NO5/c1-12-5-6-13(2)15(9-12)23-11-16(20)18(10-14(3)19)8-7-17(21)22-4/h5-6,9,14,19H,7-8,10-11H2,1-4H3. The molecule has 128 valence electrons. The molecule has 6 heteroatoms. The first-order valence-electron chi connectivity index (χ1n) is 7.56. The normalized spacial score (nSPS) is 11.7. The first-order chi connectivity index (χ1) is 10.8. The zero-order valence-electron chi connectivity index (χ0n) is 14.2. The number of benzene rings is 1. The van der Waals surface area contributed by atoms with Crippen LogP contribution in [-0.4, -0.2) is 54.8 Å². The second kappa shape index (κ2) is 9.15. The SMILES string of the molecule is COC(=O)CCN(CC(C)O)C(=O)COc1cc(C)ccc1C. The van der Waals surface area contributed by atoms with Crippen LogP contribution < -0.4 is 4.74 Å². The first kappa shape index (κ1) is 19.0. The Balaban J connectivity index is 2.65. The fourth-order valence-electron chi connectivity index (χ4n) is 2.06. The van der Waals surface area contributed by atoms with E-state index in [0.29, 0.717) is 5.75 Å². The number of ether oxygens (including phenoxy) is 2. The van der Waals surface area contributed by atoms with Gasteiger partial charge in [0, 0.05) is 13.1 Å². The second-order valence-corrected chi connectivity index (χ2v) is 5.57. The van der Waals surface area contributed by atoms with Gasteiger partial charge in [0.15, 0.2) is 6.61 Å². The van der Waals surface area contributed by atoms with Crippen molar-refractivity contribution >= 4 is 11.9 Å². The number of carbonyl (C=O) groups is 2. The van der Waals surface area contributed by atoms with E-state index in [0.717, 1.165) is 11.1 Å². The monoisotopic (exact) mass is 323 g/mol. The molecule has 0 aliphatic rings. The number of hydrogen-bond donors (Lipinski definition) is 1. The van der Waals surface area contributed by atoms with Crippen LogP contribution >= 0.6 is 0 Å². The van der Waals surface area contributed by atoms with E-state index in [1.54, 1.807) is 6.92 Å². The van der Waals surface area contributed by atoms with Crippen molar-refractivity contribution in [3.8, 4) is 5.75 Å². The Morgan fingerprint density at radius 3 is 2.61 bits per heavy atom. The number of amides is 1. The number of aryl methyl sites for hydroxylation is 2. The maximum Gasteiger partial charge on any atom is 0.307 e. The van der Waals surface area contributed by atoms with Crippen molar-refractivity contribution in [3.05, 3.63) is 29.3 Å². The second-order valence-electron chi connectivity index (χ2n) is 5.57. The van der Waals surface area contributed by atoms with Crippen LogP contribution in [0.4, 0.5) is 0 Å². The van der Waals surface area contributed by atoms with Gasteiger partial charge in [0.1, 0.15) is 5.75 Å². The molecular weight excluding hydrogens is 298 g/mol. The maximum atomic E-state index is 12.3. The predicted molar refractivity (Wildman–Crippen MR) is 86.3 cm³/mol. The lowest BCUT2D eigenvalue weighted by Crippen LogP contribution is -2.40. The summed E-state index contributed by atoms with van der Waals surface area (Å²) in [5.74, 6) is -0.0251. The summed E-state index contributed by atoms with van der Waals surface area (Å²) in [7, 11) is 1.30. The van der Waals surface area contributed by atoms with E-state index in [-0.39, 0.29) is 32.0 Å². The van der Waals surface area contributed by atoms with Crippen LogP contribution in [0.1, 0.15) is 24.5 Å². The average molecular weight is 323 g/mol. The number of aliphatic hydroxyl groups excluding tert-OH is 1. The largest absolute Gasteiger partial charge is 0.483 e. The van der Waals surface area contributed by atoms with Gasteiger partial charge in [0.05, 0.1) is 19.6 Å². The smallest absolute Gasteiger partial charge is 0.307 e. The number of aliphatic hydroxyl groups is 1. The van der Waals surface area contributed by atoms with Crippen LogP contribution in [0.15, 0.2) is 18.2 Å². The van der Waals surface area contributed by atoms with Gasteiger partial charge in [-0.3, -0.25) is 9.59 Å². The minimum Gasteiger partial charge on any atom is -0.483 e. The van der Waals surface area contributed by atoms with Gasteiger partial charge in [-0.25, -0.2) is 0 Å². The molecule has 0 aromatic heterocycles. The minimum atomic E-state index is -0.683. The molecule has 6 nitrogen and oxygen atoms in total. The molecule has 0 fully saturated rings. The number of methoxy groups -OCH3 is 1. The molecule has 1 aromatic carbocycles. The fraction of sp³-hybridized carbons (Fsp3) is 0.529. The summed E-state index contributed by atoms with van der Waals surface area (Å²) in [5.41, 5.74) is 1.99. The zero-order valence-corrected chi connectivity index (χ0v) is 14.2. The highest BCUT2D eigenvalue weighted by molar-refractivity contribution is 5.78. The number of rotatable bonds is 8. The minimum absolute atomic E-state index is 0.0818. The van der Waals surface area contributed by atoms with Gasteiger partial charge in [-0.2, -0.15) is 0 Å². The van der Waals surface area contributed by atoms with Gasteiger partial charge in [-0.05, 0) is 38.0 Å². The van der Waals surface area contributed by atoms with Crippen molar-refractivity contribution in [2.45, 2.75) is 33.3 Å². The Morgan fingerprint density at radius 2 is 2.00 bits per heavy atom. The molecule has 0 saturated heterocycles. The van der Waals surface area contributed by atoms with E-state index >= 15 is 0 Å². The van der Waals surface area contributed by atoms with Crippen molar-refractivity contribution in [1.29, 1.82) is 0 Å². The van der Waals surface area contributed by atoms with E-state index in [4.69, 9.17) is 4.74 Å². The fourth-order valence-corrected chi connectivity index (χ4v) is 2.06. The molecule has 0 aliphatic carbocycles. The molecule has 0 radical (unpaired) electrons. The Morgan fingerprint density at radius 1 is 1.30 bits per heavy atom. The summed E-state index contributed by atoms with van der Waals surface area (Å²) in [4.78, 5) is 24.9. The molecule has 1 rings (SSSR count). The Bertz CT molecular complexity index is 542. The molecule has 23 heavy (non-hydrogen) atoms. The van der Waals surface area contributed by atoms with E-state index < -0.39 is 12.1 Å². The lowest BCUT2D eigenvalue weighted by molar-refractivity contribution is -0.142. The highest BCUT2D eigenvalue weighted by Gasteiger charge is 2.18. The summed E-state index contributed by atoms with van der Waals surface area (Å²) in [6, 6.07) is 5.77. The van der Waals surface area contributed by atoms with Crippen molar-refractivity contribution < 1.29 is 24.2 Å². The van der Waals surface area contributed by atoms with Gasteiger partial charge >= 0.3 is 5.97 Å². The number of nitrogens with zero attached hydrogens (tertiary/aromatic N) is 1.